The maximum atomic E-state index is 13.6. The number of carbonyl (C=O) groups is 5. The summed E-state index contributed by atoms with van der Waals surface area (Å²) < 4.78 is 23.2. The largest absolute Gasteiger partial charge is 0.451 e. The molecule has 1 unspecified atom stereocenters. The van der Waals surface area contributed by atoms with Gasteiger partial charge >= 0.3 is 5.97 Å². The van der Waals surface area contributed by atoms with Crippen LogP contribution in [0.4, 0.5) is 23.1 Å². The van der Waals surface area contributed by atoms with Crippen molar-refractivity contribution in [2.75, 3.05) is 94.4 Å². The van der Waals surface area contributed by atoms with Crippen molar-refractivity contribution in [2.45, 2.75) is 50.8 Å². The maximum Gasteiger partial charge on any atom is 0.339 e. The topological polar surface area (TPSA) is 256 Å². The molecule has 70 heavy (non-hydrogen) atoms. The van der Waals surface area contributed by atoms with E-state index in [2.05, 4.69) is 46.2 Å². The van der Waals surface area contributed by atoms with Gasteiger partial charge in [-0.05, 0) is 56.2 Å². The molecule has 366 valence electrons. The second kappa shape index (κ2) is 21.2. The van der Waals surface area contributed by atoms with Gasteiger partial charge in [0.05, 0.1) is 67.0 Å². The minimum Gasteiger partial charge on any atom is -0.451 e. The van der Waals surface area contributed by atoms with Crippen molar-refractivity contribution >= 4 is 52.7 Å². The summed E-state index contributed by atoms with van der Waals surface area (Å²) in [6.07, 6.45) is 2.23. The van der Waals surface area contributed by atoms with Crippen molar-refractivity contribution in [2.24, 2.45) is 0 Å². The van der Waals surface area contributed by atoms with E-state index in [4.69, 9.17) is 23.6 Å². The van der Waals surface area contributed by atoms with Crippen molar-refractivity contribution in [1.29, 1.82) is 0 Å². The summed E-state index contributed by atoms with van der Waals surface area (Å²) in [5, 5.41) is 31.1. The molecule has 2 fully saturated rings. The van der Waals surface area contributed by atoms with Crippen LogP contribution in [0, 0.1) is 0 Å². The van der Waals surface area contributed by atoms with E-state index in [9.17, 15) is 29.1 Å². The molecule has 0 bridgehead atoms. The van der Waals surface area contributed by atoms with Crippen LogP contribution in [0.1, 0.15) is 80.8 Å². The summed E-state index contributed by atoms with van der Waals surface area (Å²) in [4.78, 5) is 78.1. The molecule has 3 aromatic carbocycles. The fourth-order valence-corrected chi connectivity index (χ4v) is 8.98. The molecule has 21 nitrogen and oxygen atoms in total. The SMILES string of the molecule is CC1(C)OC(=O)c2ccc(Nc3ncc(-c4nnc(CCNCCOCCOCCN5CCN(c6cccc7c6C(=O)N(C6CCC(=O)NC6=O)C7=O)CC5)o4)c(N[C@H](CO)c4ccccc4)n3)cc21. The minimum absolute atomic E-state index is 0.0717. The normalized spacial score (nSPS) is 18.2. The van der Waals surface area contributed by atoms with Crippen molar-refractivity contribution in [3.05, 3.63) is 107 Å². The van der Waals surface area contributed by atoms with Gasteiger partial charge < -0.3 is 44.6 Å². The van der Waals surface area contributed by atoms with E-state index in [1.54, 1.807) is 30.5 Å². The number of aromatic nitrogens is 4. The molecule has 0 aliphatic carbocycles. The highest BCUT2D eigenvalue weighted by Crippen LogP contribution is 2.38. The predicted molar refractivity (Wildman–Crippen MR) is 253 cm³/mol. The zero-order valence-corrected chi connectivity index (χ0v) is 38.9. The van der Waals surface area contributed by atoms with Gasteiger partial charge in [-0.1, -0.05) is 36.4 Å². The van der Waals surface area contributed by atoms with Crippen LogP contribution in [0.3, 0.4) is 0 Å². The number of amides is 4. The van der Waals surface area contributed by atoms with Gasteiger partial charge in [-0.3, -0.25) is 34.3 Å². The molecule has 2 saturated heterocycles. The number of anilines is 4. The highest BCUT2D eigenvalue weighted by Gasteiger charge is 2.46. The Balaban J connectivity index is 0.687. The monoisotopic (exact) mass is 957 g/mol. The summed E-state index contributed by atoms with van der Waals surface area (Å²) in [5.41, 5.74) is 3.72. The molecular weight excluding hydrogens is 903 g/mol. The third-order valence-electron chi connectivity index (χ3n) is 12.7. The Morgan fingerprint density at radius 3 is 2.46 bits per heavy atom. The number of hydrogen-bond acceptors (Lipinski definition) is 19. The lowest BCUT2D eigenvalue weighted by molar-refractivity contribution is -0.136. The number of cyclic esters (lactones) is 1. The zero-order chi connectivity index (χ0) is 48.8. The summed E-state index contributed by atoms with van der Waals surface area (Å²) in [6.45, 7) is 10.1. The molecule has 4 aliphatic rings. The number of fused-ring (bicyclic) bond motifs is 2. The number of carbonyl (C=O) groups excluding carboxylic acids is 5. The van der Waals surface area contributed by atoms with Crippen LogP contribution in [0.2, 0.25) is 0 Å². The predicted octanol–water partition coefficient (Wildman–Crippen LogP) is 3.21. The third-order valence-corrected chi connectivity index (χ3v) is 12.7. The van der Waals surface area contributed by atoms with Gasteiger partial charge in [0, 0.05) is 76.1 Å². The van der Waals surface area contributed by atoms with Crippen molar-refractivity contribution in [1.82, 2.24) is 40.6 Å². The third kappa shape index (κ3) is 10.5. The van der Waals surface area contributed by atoms with Crippen LogP contribution in [0.25, 0.3) is 11.5 Å². The van der Waals surface area contributed by atoms with E-state index < -0.39 is 41.3 Å². The van der Waals surface area contributed by atoms with Crippen LogP contribution >= 0.6 is 0 Å². The number of imide groups is 2. The molecule has 0 spiro atoms. The molecule has 0 radical (unpaired) electrons. The van der Waals surface area contributed by atoms with Crippen molar-refractivity contribution in [3.63, 3.8) is 0 Å². The van der Waals surface area contributed by atoms with Crippen molar-refractivity contribution in [3.8, 4) is 11.5 Å². The molecule has 0 saturated carbocycles. The molecule has 4 amide bonds. The lowest BCUT2D eigenvalue weighted by Gasteiger charge is -2.36. The number of aliphatic hydroxyl groups is 1. The van der Waals surface area contributed by atoms with Crippen LogP contribution in [-0.4, -0.2) is 150 Å². The number of piperazine rings is 1. The number of piperidine rings is 1. The van der Waals surface area contributed by atoms with Gasteiger partial charge in [0.2, 0.25) is 23.7 Å². The van der Waals surface area contributed by atoms with Crippen LogP contribution in [-0.2, 0) is 35.8 Å². The van der Waals surface area contributed by atoms with Crippen LogP contribution in [0.15, 0.2) is 77.3 Å². The van der Waals surface area contributed by atoms with Crippen LogP contribution < -0.4 is 26.2 Å². The lowest BCUT2D eigenvalue weighted by Crippen LogP contribution is -2.54. The first kappa shape index (κ1) is 47.9. The van der Waals surface area contributed by atoms with Crippen molar-refractivity contribution < 1.29 is 47.7 Å². The molecule has 21 heteroatoms. The molecule has 5 aromatic rings. The Labute approximate surface area is 403 Å². The Morgan fingerprint density at radius 2 is 1.67 bits per heavy atom. The first-order valence-corrected chi connectivity index (χ1v) is 23.4. The molecule has 9 rings (SSSR count). The van der Waals surface area contributed by atoms with Gasteiger partial charge in [-0.15, -0.1) is 10.2 Å². The first-order chi connectivity index (χ1) is 34.0. The summed E-state index contributed by atoms with van der Waals surface area (Å²) in [5.74, 6) is -1.15. The lowest BCUT2D eigenvalue weighted by atomic mass is 9.95. The first-order valence-electron chi connectivity index (χ1n) is 23.4. The summed E-state index contributed by atoms with van der Waals surface area (Å²) >= 11 is 0. The van der Waals surface area contributed by atoms with E-state index in [1.165, 1.54) is 0 Å². The zero-order valence-electron chi connectivity index (χ0n) is 38.9. The fraction of sp³-hybridized carbons (Fsp3) is 0.408. The molecule has 6 heterocycles. The molecule has 2 aromatic heterocycles. The molecule has 2 atom stereocenters. The van der Waals surface area contributed by atoms with E-state index in [0.29, 0.717) is 98.8 Å². The number of esters is 1. The minimum atomic E-state index is -1.00. The maximum absolute atomic E-state index is 13.6. The molecule has 5 N–H and O–H groups in total. The number of aliphatic hydroxyl groups excluding tert-OH is 1. The van der Waals surface area contributed by atoms with E-state index in [0.717, 1.165) is 35.7 Å². The van der Waals surface area contributed by atoms with Gasteiger partial charge in [-0.25, -0.2) is 9.78 Å². The number of ether oxygens (including phenoxy) is 3. The fourth-order valence-electron chi connectivity index (χ4n) is 8.98. The Morgan fingerprint density at radius 1 is 0.871 bits per heavy atom. The smallest absolute Gasteiger partial charge is 0.339 e. The van der Waals surface area contributed by atoms with Gasteiger partial charge in [0.1, 0.15) is 17.5 Å². The number of nitrogens with one attached hydrogen (secondary N) is 4. The highest BCUT2D eigenvalue weighted by molar-refractivity contribution is 6.25. The number of nitrogens with zero attached hydrogens (tertiary/aromatic N) is 7. The average molecular weight is 958 g/mol. The Hall–Kier alpha value is -7.17. The van der Waals surface area contributed by atoms with Crippen LogP contribution in [0.5, 0.6) is 0 Å². The highest BCUT2D eigenvalue weighted by atomic mass is 16.6. The number of benzene rings is 3. The second-order valence-electron chi connectivity index (χ2n) is 17.7. The molecular formula is C49H55N11O10. The Kier molecular flexibility index (Phi) is 14.5. The van der Waals surface area contributed by atoms with Gasteiger partial charge in [-0.2, -0.15) is 4.98 Å². The van der Waals surface area contributed by atoms with E-state index in [1.807, 2.05) is 56.3 Å². The van der Waals surface area contributed by atoms with Gasteiger partial charge in [0.25, 0.3) is 17.7 Å². The number of hydrogen-bond donors (Lipinski definition) is 5. The standard InChI is InChI=1S/C49H55N11O10/c1-49(2)35-27-31(11-12-32(35)47(66)70-49)52-48-51-28-34(42(55-48)53-36(29-61)30-7-4-3-5-8-30)44-57-56-40(69-44)15-16-50-17-23-67-25-26-68-24-22-58-18-20-59(21-19-58)37-10-6-9-33-41(37)46(65)60(45(33)64)38-13-14-39(62)54-43(38)63/h3-12,27-28,36,38,50,61H,13-26,29H2,1-2H3,(H,54,62,63)(H2,51,52,53,55)/t36-,38?/m1/s1. The average Bonchev–Trinajstić information content (AvgIpc) is 4.00. The summed E-state index contributed by atoms with van der Waals surface area (Å²) in [7, 11) is 0. The second-order valence-corrected chi connectivity index (χ2v) is 17.7. The quantitative estimate of drug-likeness (QED) is 0.0402. The summed E-state index contributed by atoms with van der Waals surface area (Å²) in [6, 6.07) is 18.5. The van der Waals surface area contributed by atoms with E-state index >= 15 is 0 Å². The molecule has 4 aliphatic heterocycles. The Bertz CT molecular complexity index is 2740. The van der Waals surface area contributed by atoms with E-state index in [-0.39, 0.29) is 42.8 Å². The number of rotatable bonds is 21. The van der Waals surface area contributed by atoms with Gasteiger partial charge in [0.15, 0.2) is 0 Å².